The Balaban J connectivity index is 2.32. The third-order valence-electron chi connectivity index (χ3n) is 2.93. The van der Waals surface area contributed by atoms with Crippen molar-refractivity contribution in [2.75, 3.05) is 23.7 Å². The van der Waals surface area contributed by atoms with Crippen LogP contribution in [-0.4, -0.2) is 22.9 Å². The van der Waals surface area contributed by atoms with Gasteiger partial charge in [-0.15, -0.1) is 0 Å². The molecule has 0 saturated carbocycles. The van der Waals surface area contributed by atoms with Gasteiger partial charge in [-0.05, 0) is 12.8 Å². The van der Waals surface area contributed by atoms with Crippen molar-refractivity contribution >= 4 is 11.6 Å². The molecule has 17 heavy (non-hydrogen) atoms. The third-order valence-corrected chi connectivity index (χ3v) is 2.93. The number of nitrogens with two attached hydrogens (primary N) is 1. The highest BCUT2D eigenvalue weighted by molar-refractivity contribution is 5.65. The minimum absolute atomic E-state index is 0.343. The first-order valence-electron chi connectivity index (χ1n) is 5.66. The van der Waals surface area contributed by atoms with E-state index in [1.165, 1.54) is 0 Å². The minimum Gasteiger partial charge on any atom is -0.383 e. The standard InChI is InChI=1S/C11H14N6/c12-4-3-7-17-10(14)9(8-13)11(15-17)16-5-1-2-6-16/h1-3,5-7,14H2. The molecule has 1 fully saturated rings. The van der Waals surface area contributed by atoms with Crippen molar-refractivity contribution in [3.05, 3.63) is 5.56 Å². The zero-order chi connectivity index (χ0) is 12.3. The second kappa shape index (κ2) is 4.75. The average Bonchev–Trinajstić information content (AvgIpc) is 2.94. The molecule has 6 heteroatoms. The molecule has 0 aliphatic carbocycles. The quantitative estimate of drug-likeness (QED) is 0.830. The van der Waals surface area contributed by atoms with E-state index in [1.54, 1.807) is 4.68 Å². The zero-order valence-corrected chi connectivity index (χ0v) is 9.56. The number of hydrogen-bond donors (Lipinski definition) is 1. The molecule has 0 spiro atoms. The van der Waals surface area contributed by atoms with Gasteiger partial charge in [-0.25, -0.2) is 4.68 Å². The summed E-state index contributed by atoms with van der Waals surface area (Å²) in [5.74, 6) is 1.03. The summed E-state index contributed by atoms with van der Waals surface area (Å²) in [6, 6.07) is 4.15. The molecular weight excluding hydrogens is 216 g/mol. The van der Waals surface area contributed by atoms with Crippen LogP contribution in [0.2, 0.25) is 0 Å². The van der Waals surface area contributed by atoms with Crippen molar-refractivity contribution in [3.63, 3.8) is 0 Å². The van der Waals surface area contributed by atoms with Gasteiger partial charge in [0.05, 0.1) is 19.0 Å². The maximum atomic E-state index is 9.12. The van der Waals surface area contributed by atoms with Gasteiger partial charge < -0.3 is 10.6 Å². The molecule has 88 valence electrons. The lowest BCUT2D eigenvalue weighted by Crippen LogP contribution is -2.19. The summed E-state index contributed by atoms with van der Waals surface area (Å²) in [6.07, 6.45) is 2.59. The average molecular weight is 230 g/mol. The van der Waals surface area contributed by atoms with Gasteiger partial charge in [0, 0.05) is 13.1 Å². The maximum absolute atomic E-state index is 9.12. The fourth-order valence-corrected chi connectivity index (χ4v) is 2.05. The fourth-order valence-electron chi connectivity index (χ4n) is 2.05. The Hall–Kier alpha value is -2.21. The third kappa shape index (κ3) is 2.02. The number of anilines is 2. The predicted molar refractivity (Wildman–Crippen MR) is 63.0 cm³/mol. The van der Waals surface area contributed by atoms with Crippen LogP contribution in [0.15, 0.2) is 0 Å². The van der Waals surface area contributed by atoms with Crippen molar-refractivity contribution in [3.8, 4) is 12.1 Å². The predicted octanol–water partition coefficient (Wildman–Crippen LogP) is 0.851. The van der Waals surface area contributed by atoms with E-state index < -0.39 is 0 Å². The van der Waals surface area contributed by atoms with Crippen LogP contribution in [0.5, 0.6) is 0 Å². The lowest BCUT2D eigenvalue weighted by Gasteiger charge is -2.13. The highest BCUT2D eigenvalue weighted by atomic mass is 15.4. The smallest absolute Gasteiger partial charge is 0.170 e. The molecule has 0 atom stereocenters. The molecule has 0 aromatic carbocycles. The molecule has 2 heterocycles. The van der Waals surface area contributed by atoms with E-state index in [4.69, 9.17) is 16.3 Å². The zero-order valence-electron chi connectivity index (χ0n) is 9.56. The number of hydrogen-bond acceptors (Lipinski definition) is 5. The highest BCUT2D eigenvalue weighted by Gasteiger charge is 2.22. The van der Waals surface area contributed by atoms with Gasteiger partial charge in [-0.2, -0.15) is 15.6 Å². The number of aryl methyl sites for hydroxylation is 1. The molecular formula is C11H14N6. The Labute approximate surface area is 99.8 Å². The lowest BCUT2D eigenvalue weighted by atomic mass is 10.3. The van der Waals surface area contributed by atoms with Crippen LogP contribution in [0.1, 0.15) is 24.8 Å². The van der Waals surface area contributed by atoms with Crippen LogP contribution in [-0.2, 0) is 6.54 Å². The molecule has 0 bridgehead atoms. The Kier molecular flexibility index (Phi) is 3.15. The van der Waals surface area contributed by atoms with Gasteiger partial charge in [-0.3, -0.25) is 0 Å². The lowest BCUT2D eigenvalue weighted by molar-refractivity contribution is 0.634. The molecule has 1 aromatic rings. The summed E-state index contributed by atoms with van der Waals surface area (Å²) in [7, 11) is 0. The number of nitrogens with zero attached hydrogens (tertiary/aromatic N) is 5. The number of nitriles is 2. The second-order valence-corrected chi connectivity index (χ2v) is 4.02. The molecule has 1 aliphatic heterocycles. The normalized spacial score (nSPS) is 14.6. The molecule has 0 unspecified atom stereocenters. The van der Waals surface area contributed by atoms with Gasteiger partial charge in [-0.1, -0.05) is 0 Å². The van der Waals surface area contributed by atoms with Crippen molar-refractivity contribution in [1.82, 2.24) is 9.78 Å². The Morgan fingerprint density at radius 3 is 2.59 bits per heavy atom. The van der Waals surface area contributed by atoms with E-state index in [1.807, 2.05) is 6.07 Å². The molecule has 1 aliphatic rings. The van der Waals surface area contributed by atoms with Crippen LogP contribution in [0.25, 0.3) is 0 Å². The highest BCUT2D eigenvalue weighted by Crippen LogP contribution is 2.27. The Bertz CT molecular complexity index is 483. The van der Waals surface area contributed by atoms with Crippen LogP contribution in [0, 0.1) is 22.7 Å². The summed E-state index contributed by atoms with van der Waals surface area (Å²) in [5.41, 5.74) is 6.30. The van der Waals surface area contributed by atoms with E-state index in [2.05, 4.69) is 16.1 Å². The van der Waals surface area contributed by atoms with E-state index in [-0.39, 0.29) is 0 Å². The van der Waals surface area contributed by atoms with E-state index in [9.17, 15) is 0 Å². The summed E-state index contributed by atoms with van der Waals surface area (Å²) in [5, 5.41) is 22.0. The maximum Gasteiger partial charge on any atom is 0.170 e. The Morgan fingerprint density at radius 2 is 2.00 bits per heavy atom. The van der Waals surface area contributed by atoms with Crippen LogP contribution in [0.4, 0.5) is 11.6 Å². The molecule has 1 aromatic heterocycles. The molecule has 2 rings (SSSR count). The number of rotatable bonds is 3. The first kappa shape index (κ1) is 11.3. The summed E-state index contributed by atoms with van der Waals surface area (Å²) >= 11 is 0. The topological polar surface area (TPSA) is 94.7 Å². The first-order chi connectivity index (χ1) is 8.27. The number of nitrogen functional groups attached to an aromatic ring is 1. The monoisotopic (exact) mass is 230 g/mol. The van der Waals surface area contributed by atoms with E-state index in [0.29, 0.717) is 30.2 Å². The van der Waals surface area contributed by atoms with Gasteiger partial charge in [0.1, 0.15) is 17.5 Å². The van der Waals surface area contributed by atoms with E-state index in [0.717, 1.165) is 25.9 Å². The van der Waals surface area contributed by atoms with E-state index >= 15 is 0 Å². The summed E-state index contributed by atoms with van der Waals surface area (Å²) < 4.78 is 1.55. The fraction of sp³-hybridized carbons (Fsp3) is 0.545. The summed E-state index contributed by atoms with van der Waals surface area (Å²) in [6.45, 7) is 2.28. The molecule has 6 nitrogen and oxygen atoms in total. The second-order valence-electron chi connectivity index (χ2n) is 4.02. The molecule has 0 radical (unpaired) electrons. The molecule has 0 amide bonds. The van der Waals surface area contributed by atoms with Gasteiger partial charge >= 0.3 is 0 Å². The van der Waals surface area contributed by atoms with Crippen LogP contribution >= 0.6 is 0 Å². The Morgan fingerprint density at radius 1 is 1.29 bits per heavy atom. The number of aromatic nitrogens is 2. The van der Waals surface area contributed by atoms with Crippen LogP contribution in [0.3, 0.4) is 0 Å². The first-order valence-corrected chi connectivity index (χ1v) is 5.66. The van der Waals surface area contributed by atoms with Crippen molar-refractivity contribution in [2.45, 2.75) is 25.8 Å². The van der Waals surface area contributed by atoms with Crippen molar-refractivity contribution in [1.29, 1.82) is 10.5 Å². The molecule has 1 saturated heterocycles. The van der Waals surface area contributed by atoms with Gasteiger partial charge in [0.2, 0.25) is 0 Å². The largest absolute Gasteiger partial charge is 0.383 e. The SMILES string of the molecule is N#CCCn1nc(N2CCCC2)c(C#N)c1N. The summed E-state index contributed by atoms with van der Waals surface area (Å²) in [4.78, 5) is 2.08. The minimum atomic E-state index is 0.343. The van der Waals surface area contributed by atoms with Crippen molar-refractivity contribution in [2.24, 2.45) is 0 Å². The van der Waals surface area contributed by atoms with Gasteiger partial charge in [0.15, 0.2) is 5.82 Å². The molecule has 2 N–H and O–H groups in total. The van der Waals surface area contributed by atoms with Gasteiger partial charge in [0.25, 0.3) is 0 Å². The van der Waals surface area contributed by atoms with Crippen LogP contribution < -0.4 is 10.6 Å². The van der Waals surface area contributed by atoms with Crippen molar-refractivity contribution < 1.29 is 0 Å².